The molecule has 0 saturated heterocycles. The molecule has 2 heterocycles. The molecule has 0 unspecified atom stereocenters. The lowest BCUT2D eigenvalue weighted by Gasteiger charge is -2.27. The Hall–Kier alpha value is -1.43. The van der Waals surface area contributed by atoms with E-state index < -0.39 is 0 Å². The van der Waals surface area contributed by atoms with E-state index in [1.165, 1.54) is 0 Å². The van der Waals surface area contributed by atoms with Gasteiger partial charge in [0.15, 0.2) is 0 Å². The number of hydrogen-bond acceptors (Lipinski definition) is 3. The van der Waals surface area contributed by atoms with Crippen LogP contribution >= 0.6 is 23.8 Å². The Balaban J connectivity index is 1.74. The molecule has 104 valence electrons. The van der Waals surface area contributed by atoms with E-state index in [1.54, 1.807) is 0 Å². The number of imidazole rings is 1. The van der Waals surface area contributed by atoms with Gasteiger partial charge < -0.3 is 10.3 Å². The van der Waals surface area contributed by atoms with Crippen LogP contribution in [0.2, 0.25) is 5.02 Å². The lowest BCUT2D eigenvalue weighted by atomic mass is 10.1. The average molecular weight is 307 g/mol. The first-order valence-corrected chi connectivity index (χ1v) is 7.22. The average Bonchev–Trinajstić information content (AvgIpc) is 2.88. The van der Waals surface area contributed by atoms with E-state index in [2.05, 4.69) is 14.5 Å². The number of fused-ring (bicyclic) bond motifs is 1. The van der Waals surface area contributed by atoms with Crippen LogP contribution in [0.1, 0.15) is 17.0 Å². The predicted molar refractivity (Wildman–Crippen MR) is 83.7 cm³/mol. The van der Waals surface area contributed by atoms with Gasteiger partial charge >= 0.3 is 0 Å². The number of nitrogens with zero attached hydrogens (tertiary/aromatic N) is 3. The summed E-state index contributed by atoms with van der Waals surface area (Å²) in [5.74, 6) is 1.10. The monoisotopic (exact) mass is 306 g/mol. The van der Waals surface area contributed by atoms with Gasteiger partial charge in [-0.25, -0.2) is 4.98 Å². The molecular formula is C14H15ClN4S. The standard InChI is InChI=1S/C14H15ClN4S/c15-12-7-10(14(16)20)1-2-11(12)8-18-5-6-19-4-3-17-13(19)9-18/h1-4,7H,5-6,8-9H2,(H2,16,20). The zero-order valence-electron chi connectivity index (χ0n) is 10.9. The van der Waals surface area contributed by atoms with Crippen LogP contribution in [0.3, 0.4) is 0 Å². The van der Waals surface area contributed by atoms with Crippen molar-refractivity contribution in [3.8, 4) is 0 Å². The highest BCUT2D eigenvalue weighted by atomic mass is 35.5. The molecule has 1 aromatic carbocycles. The zero-order chi connectivity index (χ0) is 14.1. The van der Waals surface area contributed by atoms with Crippen LogP contribution in [-0.4, -0.2) is 26.0 Å². The smallest absolute Gasteiger partial charge is 0.122 e. The molecule has 0 fully saturated rings. The fraction of sp³-hybridized carbons (Fsp3) is 0.286. The van der Waals surface area contributed by atoms with Crippen LogP contribution in [0.5, 0.6) is 0 Å². The molecule has 6 heteroatoms. The maximum atomic E-state index is 6.31. The summed E-state index contributed by atoms with van der Waals surface area (Å²) in [7, 11) is 0. The molecule has 4 nitrogen and oxygen atoms in total. The third-order valence-corrected chi connectivity index (χ3v) is 4.14. The number of rotatable bonds is 3. The Morgan fingerprint density at radius 1 is 1.40 bits per heavy atom. The van der Waals surface area contributed by atoms with Crippen LogP contribution < -0.4 is 5.73 Å². The Morgan fingerprint density at radius 3 is 3.00 bits per heavy atom. The van der Waals surface area contributed by atoms with E-state index in [-0.39, 0.29) is 0 Å². The number of thiocarbonyl (C=S) groups is 1. The lowest BCUT2D eigenvalue weighted by molar-refractivity contribution is 0.209. The van der Waals surface area contributed by atoms with Crippen molar-refractivity contribution < 1.29 is 0 Å². The molecule has 1 aliphatic rings. The summed E-state index contributed by atoms with van der Waals surface area (Å²) in [6, 6.07) is 5.76. The van der Waals surface area contributed by atoms with E-state index >= 15 is 0 Å². The van der Waals surface area contributed by atoms with Gasteiger partial charge in [0.1, 0.15) is 10.8 Å². The summed E-state index contributed by atoms with van der Waals surface area (Å²) in [5.41, 5.74) is 7.51. The minimum absolute atomic E-state index is 0.374. The van der Waals surface area contributed by atoms with Gasteiger partial charge in [0.25, 0.3) is 0 Å². The van der Waals surface area contributed by atoms with E-state index in [4.69, 9.17) is 29.6 Å². The molecular weight excluding hydrogens is 292 g/mol. The summed E-state index contributed by atoms with van der Waals surface area (Å²) < 4.78 is 2.19. The maximum Gasteiger partial charge on any atom is 0.122 e. The molecule has 1 aromatic heterocycles. The van der Waals surface area contributed by atoms with Gasteiger partial charge in [0.2, 0.25) is 0 Å². The van der Waals surface area contributed by atoms with Crippen molar-refractivity contribution in [1.82, 2.24) is 14.5 Å². The van der Waals surface area contributed by atoms with Crippen LogP contribution in [0.25, 0.3) is 0 Å². The molecule has 20 heavy (non-hydrogen) atoms. The van der Waals surface area contributed by atoms with Gasteiger partial charge in [0.05, 0.1) is 6.54 Å². The molecule has 1 aliphatic heterocycles. The zero-order valence-corrected chi connectivity index (χ0v) is 12.5. The van der Waals surface area contributed by atoms with Gasteiger partial charge in [-0.1, -0.05) is 36.0 Å². The van der Waals surface area contributed by atoms with E-state index in [1.807, 2.05) is 30.6 Å². The lowest BCUT2D eigenvalue weighted by Crippen LogP contribution is -2.33. The molecule has 3 rings (SSSR count). The minimum Gasteiger partial charge on any atom is -0.389 e. The van der Waals surface area contributed by atoms with Gasteiger partial charge in [0, 0.05) is 42.6 Å². The van der Waals surface area contributed by atoms with Crippen LogP contribution in [0, 0.1) is 0 Å². The molecule has 0 bridgehead atoms. The van der Waals surface area contributed by atoms with Crippen LogP contribution in [-0.2, 0) is 19.6 Å². The second kappa shape index (κ2) is 5.52. The SMILES string of the molecule is NC(=S)c1ccc(CN2CCn3ccnc3C2)c(Cl)c1. The van der Waals surface area contributed by atoms with Gasteiger partial charge in [-0.3, -0.25) is 4.90 Å². The van der Waals surface area contributed by atoms with Crippen LogP contribution in [0.15, 0.2) is 30.6 Å². The van der Waals surface area contributed by atoms with E-state index in [9.17, 15) is 0 Å². The number of aromatic nitrogens is 2. The molecule has 0 amide bonds. The number of benzene rings is 1. The first-order valence-electron chi connectivity index (χ1n) is 6.44. The van der Waals surface area contributed by atoms with Crippen LogP contribution in [0.4, 0.5) is 0 Å². The predicted octanol–water partition coefficient (Wildman–Crippen LogP) is 2.19. The van der Waals surface area contributed by atoms with Crippen molar-refractivity contribution in [2.24, 2.45) is 5.73 Å². The quantitative estimate of drug-likeness (QED) is 0.883. The summed E-state index contributed by atoms with van der Waals surface area (Å²) in [6.45, 7) is 3.62. The van der Waals surface area contributed by atoms with Crippen molar-refractivity contribution in [1.29, 1.82) is 0 Å². The third kappa shape index (κ3) is 2.70. The summed E-state index contributed by atoms with van der Waals surface area (Å²) in [6.07, 6.45) is 3.87. The van der Waals surface area contributed by atoms with Crippen molar-refractivity contribution >= 4 is 28.8 Å². The highest BCUT2D eigenvalue weighted by molar-refractivity contribution is 7.80. The fourth-order valence-electron chi connectivity index (χ4n) is 2.43. The first-order chi connectivity index (χ1) is 9.63. The van der Waals surface area contributed by atoms with Crippen molar-refractivity contribution in [3.05, 3.63) is 52.6 Å². The Bertz CT molecular complexity index is 652. The van der Waals surface area contributed by atoms with Gasteiger partial charge in [-0.2, -0.15) is 0 Å². The Labute approximate surface area is 128 Å². The maximum absolute atomic E-state index is 6.31. The number of hydrogen-bond donors (Lipinski definition) is 1. The van der Waals surface area contributed by atoms with E-state index in [0.717, 1.165) is 43.1 Å². The largest absolute Gasteiger partial charge is 0.389 e. The summed E-state index contributed by atoms with van der Waals surface area (Å²) in [4.78, 5) is 7.07. The molecule has 0 saturated carbocycles. The van der Waals surface area contributed by atoms with Crippen molar-refractivity contribution in [3.63, 3.8) is 0 Å². The summed E-state index contributed by atoms with van der Waals surface area (Å²) >= 11 is 11.3. The second-order valence-corrected chi connectivity index (χ2v) is 5.76. The third-order valence-electron chi connectivity index (χ3n) is 3.56. The Kier molecular flexibility index (Phi) is 3.74. The molecule has 0 aliphatic carbocycles. The number of nitrogens with two attached hydrogens (primary N) is 1. The molecule has 0 radical (unpaired) electrons. The minimum atomic E-state index is 0.374. The molecule has 2 aromatic rings. The number of halogens is 1. The van der Waals surface area contributed by atoms with E-state index in [0.29, 0.717) is 10.0 Å². The highest BCUT2D eigenvalue weighted by Crippen LogP contribution is 2.21. The second-order valence-electron chi connectivity index (χ2n) is 4.92. The fourth-order valence-corrected chi connectivity index (χ4v) is 2.80. The molecule has 2 N–H and O–H groups in total. The van der Waals surface area contributed by atoms with Gasteiger partial charge in [-0.05, 0) is 11.6 Å². The molecule has 0 atom stereocenters. The Morgan fingerprint density at radius 2 is 2.25 bits per heavy atom. The normalized spacial score (nSPS) is 15.1. The van der Waals surface area contributed by atoms with Gasteiger partial charge in [-0.15, -0.1) is 0 Å². The summed E-state index contributed by atoms with van der Waals surface area (Å²) in [5, 5.41) is 0.712. The van der Waals surface area contributed by atoms with Crippen molar-refractivity contribution in [2.75, 3.05) is 6.54 Å². The molecule has 0 spiro atoms. The topological polar surface area (TPSA) is 47.1 Å². The first kappa shape index (κ1) is 13.5. The van der Waals surface area contributed by atoms with Crippen molar-refractivity contribution in [2.45, 2.75) is 19.6 Å². The highest BCUT2D eigenvalue weighted by Gasteiger charge is 2.17.